The maximum absolute atomic E-state index is 11.9. The maximum atomic E-state index is 11.9. The van der Waals surface area contributed by atoms with E-state index >= 15 is 0 Å². The van der Waals surface area contributed by atoms with Gasteiger partial charge in [0.2, 0.25) is 5.95 Å². The average Bonchev–Trinajstić information content (AvgIpc) is 3.23. The molecule has 0 saturated carbocycles. The van der Waals surface area contributed by atoms with Gasteiger partial charge in [-0.1, -0.05) is 0 Å². The first-order valence-electron chi connectivity index (χ1n) is 9.64. The van der Waals surface area contributed by atoms with E-state index in [1.807, 2.05) is 0 Å². The Morgan fingerprint density at radius 1 is 0.878 bits per heavy atom. The lowest BCUT2D eigenvalue weighted by atomic mass is 10.1. The predicted octanol–water partition coefficient (Wildman–Crippen LogP) is -3.15. The Kier molecular flexibility index (Phi) is 11.2. The number of nitrogens with two attached hydrogens (primary N) is 1. The molecule has 31 heteroatoms. The van der Waals surface area contributed by atoms with Crippen LogP contribution in [0.1, 0.15) is 6.23 Å². The first-order chi connectivity index (χ1) is 18.3. The molecule has 0 radical (unpaired) electrons. The standard InChI is InChI=1S/C10H16N5O14P3.H4O7P2/c11-10-13-7-4(8(18)14-10)12-2-15(7)9-6(17)5(16)3(27-9)1-26-31(22,23)29-32(24,25)28-30(19,20)21;1-8(2,3)7-9(4,5)6/h2-3,5-6,9,16-17H,1H2,(H,22,23)(H,24,25)(H2,19,20,21)(H3,11,13,14,18);(H2,1,2,3)(H2,4,5,6)/t3-,5-,6-,9-;/m1./s1. The quantitative estimate of drug-likeness (QED) is 0.109. The van der Waals surface area contributed by atoms with Gasteiger partial charge in [0.05, 0.1) is 12.9 Å². The van der Waals surface area contributed by atoms with Gasteiger partial charge in [0.15, 0.2) is 17.4 Å². The highest BCUT2D eigenvalue weighted by Crippen LogP contribution is 2.66. The summed E-state index contributed by atoms with van der Waals surface area (Å²) in [5.41, 5.74) is 4.50. The summed E-state index contributed by atoms with van der Waals surface area (Å²) in [5, 5.41) is 20.4. The van der Waals surface area contributed by atoms with Crippen LogP contribution in [0, 0.1) is 0 Å². The van der Waals surface area contributed by atoms with Gasteiger partial charge in [0.1, 0.15) is 18.3 Å². The molecule has 1 aliphatic heterocycles. The molecule has 0 amide bonds. The van der Waals surface area contributed by atoms with Gasteiger partial charge >= 0.3 is 39.1 Å². The van der Waals surface area contributed by atoms with Crippen LogP contribution in [-0.4, -0.2) is 93.8 Å². The lowest BCUT2D eigenvalue weighted by Crippen LogP contribution is -2.33. The smallest absolute Gasteiger partial charge is 0.387 e. The molecule has 6 atom stereocenters. The van der Waals surface area contributed by atoms with E-state index in [9.17, 15) is 42.7 Å². The second-order valence-electron chi connectivity index (χ2n) is 7.27. The minimum absolute atomic E-state index is 0.115. The number of nitrogen functional groups attached to an aromatic ring is 1. The number of rotatable bonds is 10. The SMILES string of the molecule is Nc1nc2c(ncn2[C@@H]2O[C@H](COP(=O)(O)OP(=O)(O)OP(=O)(O)O)[C@@H](O)[C@H]2O)c(=O)[nH]1.O=P(O)(O)OP(=O)(O)O. The average molecular weight is 701 g/mol. The van der Waals surface area contributed by atoms with Crippen molar-refractivity contribution in [3.63, 3.8) is 0 Å². The molecular formula is C10H20N5O21P5. The molecule has 2 aromatic rings. The first kappa shape index (κ1) is 35.9. The molecule has 41 heavy (non-hydrogen) atoms. The fourth-order valence-corrected chi connectivity index (χ4v) is 6.97. The zero-order valence-corrected chi connectivity index (χ0v) is 23.7. The van der Waals surface area contributed by atoms with Crippen molar-refractivity contribution in [2.45, 2.75) is 24.5 Å². The van der Waals surface area contributed by atoms with Crippen LogP contribution < -0.4 is 11.3 Å². The van der Waals surface area contributed by atoms with Crippen LogP contribution in [0.25, 0.3) is 11.2 Å². The number of imidazole rings is 1. The van der Waals surface area contributed by atoms with Crippen molar-refractivity contribution < 1.29 is 94.4 Å². The second-order valence-corrected chi connectivity index (χ2v) is 14.3. The van der Waals surface area contributed by atoms with Gasteiger partial charge in [0.25, 0.3) is 5.56 Å². The van der Waals surface area contributed by atoms with Crippen LogP contribution in [0.3, 0.4) is 0 Å². The number of H-pyrrole nitrogens is 1. The van der Waals surface area contributed by atoms with Gasteiger partial charge in [0, 0.05) is 0 Å². The van der Waals surface area contributed by atoms with Gasteiger partial charge in [-0.25, -0.2) is 27.8 Å². The third-order valence-corrected chi connectivity index (χ3v) is 9.60. The highest BCUT2D eigenvalue weighted by Gasteiger charge is 2.47. The van der Waals surface area contributed by atoms with Gasteiger partial charge in [-0.05, 0) is 0 Å². The number of phosphoric ester groups is 1. The van der Waals surface area contributed by atoms with Gasteiger partial charge < -0.3 is 59.8 Å². The molecule has 3 rings (SSSR count). The number of aliphatic hydroxyl groups excluding tert-OH is 2. The third-order valence-electron chi connectivity index (χ3n) is 4.09. The fourth-order valence-electron chi connectivity index (χ4n) is 2.84. The number of ether oxygens (including phenoxy) is 1. The topological polar surface area (TPSA) is 423 Å². The van der Waals surface area contributed by atoms with Crippen molar-refractivity contribution in [2.24, 2.45) is 0 Å². The minimum atomic E-state index is -5.73. The number of fused-ring (bicyclic) bond motifs is 1. The lowest BCUT2D eigenvalue weighted by molar-refractivity contribution is -0.0503. The summed E-state index contributed by atoms with van der Waals surface area (Å²) in [6.45, 7) is -1.01. The number of aromatic nitrogens is 4. The molecule has 2 aromatic heterocycles. The summed E-state index contributed by atoms with van der Waals surface area (Å²) in [7, 11) is -26.9. The third kappa shape index (κ3) is 11.4. The summed E-state index contributed by atoms with van der Waals surface area (Å²) in [5.74, 6) is -0.276. The number of aromatic amines is 1. The summed E-state index contributed by atoms with van der Waals surface area (Å²) >= 11 is 0. The Labute approximate surface area is 224 Å². The number of nitrogens with one attached hydrogen (secondary N) is 1. The highest BCUT2D eigenvalue weighted by molar-refractivity contribution is 7.66. The number of hydrogen-bond donors (Lipinski definition) is 12. The molecule has 0 aromatic carbocycles. The lowest BCUT2D eigenvalue weighted by Gasteiger charge is -2.19. The van der Waals surface area contributed by atoms with E-state index in [1.54, 1.807) is 0 Å². The van der Waals surface area contributed by atoms with E-state index in [-0.39, 0.29) is 17.1 Å². The zero-order valence-electron chi connectivity index (χ0n) is 19.2. The minimum Gasteiger partial charge on any atom is -0.387 e. The Bertz CT molecular complexity index is 1520. The molecule has 13 N–H and O–H groups in total. The number of phosphoric acid groups is 5. The molecular weight excluding hydrogens is 681 g/mol. The number of nitrogens with zero attached hydrogens (tertiary/aromatic N) is 3. The molecule has 0 aliphatic carbocycles. The molecule has 0 bridgehead atoms. The van der Waals surface area contributed by atoms with E-state index in [4.69, 9.17) is 44.7 Å². The van der Waals surface area contributed by atoms with Crippen LogP contribution >= 0.6 is 39.1 Å². The number of hydrogen-bond acceptors (Lipinski definition) is 16. The van der Waals surface area contributed by atoms with E-state index in [2.05, 4.69) is 32.4 Å². The molecule has 1 aliphatic rings. The number of anilines is 1. The monoisotopic (exact) mass is 701 g/mol. The summed E-state index contributed by atoms with van der Waals surface area (Å²) < 4.78 is 73.8. The summed E-state index contributed by atoms with van der Waals surface area (Å²) in [4.78, 5) is 88.3. The molecule has 0 spiro atoms. The maximum Gasteiger partial charge on any atom is 0.490 e. The Morgan fingerprint density at radius 2 is 1.41 bits per heavy atom. The van der Waals surface area contributed by atoms with Crippen LogP contribution in [-0.2, 0) is 45.0 Å². The van der Waals surface area contributed by atoms with Crippen molar-refractivity contribution in [2.75, 3.05) is 12.3 Å². The Hall–Kier alpha value is -1.30. The molecule has 26 nitrogen and oxygen atoms in total. The van der Waals surface area contributed by atoms with Crippen molar-refractivity contribution in [1.29, 1.82) is 0 Å². The van der Waals surface area contributed by atoms with E-state index in [0.717, 1.165) is 10.9 Å². The van der Waals surface area contributed by atoms with Gasteiger partial charge in [-0.15, -0.1) is 0 Å². The Morgan fingerprint density at radius 3 is 1.90 bits per heavy atom. The highest BCUT2D eigenvalue weighted by atomic mass is 31.3. The van der Waals surface area contributed by atoms with Crippen LogP contribution in [0.4, 0.5) is 5.95 Å². The summed E-state index contributed by atoms with van der Waals surface area (Å²) in [6, 6.07) is 0. The van der Waals surface area contributed by atoms with E-state index < -0.39 is 75.8 Å². The predicted molar refractivity (Wildman–Crippen MR) is 123 cm³/mol. The fraction of sp³-hybridized carbons (Fsp3) is 0.500. The largest absolute Gasteiger partial charge is 0.490 e. The van der Waals surface area contributed by atoms with Crippen LogP contribution in [0.2, 0.25) is 0 Å². The Balaban J connectivity index is 0.000000564. The first-order valence-corrected chi connectivity index (χ1v) is 17.2. The second kappa shape index (κ2) is 12.7. The zero-order chi connectivity index (χ0) is 31.8. The normalized spacial score (nSPS) is 24.8. The van der Waals surface area contributed by atoms with Crippen LogP contribution in [0.15, 0.2) is 11.1 Å². The van der Waals surface area contributed by atoms with E-state index in [0.29, 0.717) is 0 Å². The summed E-state index contributed by atoms with van der Waals surface area (Å²) in [6.07, 6.45) is -5.33. The molecule has 1 saturated heterocycles. The van der Waals surface area contributed by atoms with Crippen molar-refractivity contribution >= 4 is 56.2 Å². The molecule has 1 fully saturated rings. The van der Waals surface area contributed by atoms with Gasteiger partial charge in [-0.2, -0.15) is 17.9 Å². The van der Waals surface area contributed by atoms with Crippen molar-refractivity contribution in [3.8, 4) is 0 Å². The van der Waals surface area contributed by atoms with Crippen molar-refractivity contribution in [1.82, 2.24) is 19.5 Å². The van der Waals surface area contributed by atoms with Gasteiger partial charge in [-0.3, -0.25) is 18.9 Å². The molecule has 3 heterocycles. The molecule has 2 unspecified atom stereocenters. The number of aliphatic hydroxyl groups is 2. The van der Waals surface area contributed by atoms with Crippen molar-refractivity contribution in [3.05, 3.63) is 16.7 Å². The van der Waals surface area contributed by atoms with E-state index in [1.165, 1.54) is 0 Å². The molecule has 236 valence electrons. The van der Waals surface area contributed by atoms with Crippen LogP contribution in [0.5, 0.6) is 0 Å².